The lowest BCUT2D eigenvalue weighted by Gasteiger charge is -2.12. The van der Waals surface area contributed by atoms with Crippen molar-refractivity contribution in [2.24, 2.45) is 0 Å². The maximum atomic E-state index is 11.9. The summed E-state index contributed by atoms with van der Waals surface area (Å²) in [6.45, 7) is 4.59. The first kappa shape index (κ1) is 23.5. The molecule has 1 N–H and O–H groups in total. The summed E-state index contributed by atoms with van der Waals surface area (Å²) in [5.74, 6) is 0.169. The highest BCUT2D eigenvalue weighted by atomic mass is 16.5. The Kier molecular flexibility index (Phi) is 9.63. The summed E-state index contributed by atoms with van der Waals surface area (Å²) in [7, 11) is 0. The second-order valence-electron chi connectivity index (χ2n) is 6.51. The molecule has 0 fully saturated rings. The molecule has 0 saturated carbocycles. The predicted octanol–water partition coefficient (Wildman–Crippen LogP) is 4.14. The molecule has 0 aromatic heterocycles. The zero-order valence-electron chi connectivity index (χ0n) is 17.7. The van der Waals surface area contributed by atoms with E-state index in [1.54, 1.807) is 48.5 Å². The number of nitriles is 1. The molecular weight excluding hydrogens is 396 g/mol. The van der Waals surface area contributed by atoms with E-state index in [1.807, 2.05) is 13.8 Å². The van der Waals surface area contributed by atoms with Gasteiger partial charge in [0, 0.05) is 11.8 Å². The average molecular weight is 422 g/mol. The standard InChI is InChI=1S/C24H26N2O5/c1-3-15-30-21-11-7-19(16-22(21)29-4-2)8-12-24(28)31-17-23(27)26-20-9-5-18(6-10-20)13-14-25/h5-12,16H,3-4,13,15,17H2,1-2H3,(H,26,27)/b12-8+. The number of anilines is 1. The van der Waals surface area contributed by atoms with Crippen LogP contribution in [0.1, 0.15) is 31.4 Å². The quantitative estimate of drug-likeness (QED) is 0.432. The van der Waals surface area contributed by atoms with Gasteiger partial charge in [0.1, 0.15) is 0 Å². The van der Waals surface area contributed by atoms with Crippen LogP contribution in [0.25, 0.3) is 6.08 Å². The lowest BCUT2D eigenvalue weighted by atomic mass is 10.1. The fraction of sp³-hybridized carbons (Fsp3) is 0.292. The highest BCUT2D eigenvalue weighted by molar-refractivity contribution is 5.94. The average Bonchev–Trinajstić information content (AvgIpc) is 2.77. The van der Waals surface area contributed by atoms with E-state index in [4.69, 9.17) is 19.5 Å². The van der Waals surface area contributed by atoms with Gasteiger partial charge in [-0.1, -0.05) is 25.1 Å². The van der Waals surface area contributed by atoms with E-state index in [0.717, 1.165) is 17.5 Å². The number of amides is 1. The molecule has 7 nitrogen and oxygen atoms in total. The van der Waals surface area contributed by atoms with E-state index in [0.29, 0.717) is 36.8 Å². The number of rotatable bonds is 11. The predicted molar refractivity (Wildman–Crippen MR) is 118 cm³/mol. The second kappa shape index (κ2) is 12.7. The van der Waals surface area contributed by atoms with E-state index in [-0.39, 0.29) is 0 Å². The van der Waals surface area contributed by atoms with Gasteiger partial charge in [-0.2, -0.15) is 5.26 Å². The van der Waals surface area contributed by atoms with E-state index in [1.165, 1.54) is 6.08 Å². The van der Waals surface area contributed by atoms with Gasteiger partial charge in [-0.3, -0.25) is 4.79 Å². The summed E-state index contributed by atoms with van der Waals surface area (Å²) >= 11 is 0. The highest BCUT2D eigenvalue weighted by Gasteiger charge is 2.08. The van der Waals surface area contributed by atoms with Crippen LogP contribution in [-0.4, -0.2) is 31.7 Å². The smallest absolute Gasteiger partial charge is 0.331 e. The van der Waals surface area contributed by atoms with Crippen LogP contribution in [-0.2, 0) is 20.7 Å². The Morgan fingerprint density at radius 1 is 1.06 bits per heavy atom. The molecule has 162 valence electrons. The van der Waals surface area contributed by atoms with Crippen molar-refractivity contribution in [2.75, 3.05) is 25.1 Å². The highest BCUT2D eigenvalue weighted by Crippen LogP contribution is 2.29. The molecule has 0 spiro atoms. The van der Waals surface area contributed by atoms with Crippen molar-refractivity contribution < 1.29 is 23.8 Å². The van der Waals surface area contributed by atoms with Crippen LogP contribution < -0.4 is 14.8 Å². The Bertz CT molecular complexity index is 945. The number of ether oxygens (including phenoxy) is 3. The number of carbonyl (C=O) groups is 2. The molecule has 2 rings (SSSR count). The van der Waals surface area contributed by atoms with Crippen molar-refractivity contribution >= 4 is 23.6 Å². The van der Waals surface area contributed by atoms with Crippen molar-refractivity contribution in [1.82, 2.24) is 0 Å². The van der Waals surface area contributed by atoms with Crippen LogP contribution in [0.2, 0.25) is 0 Å². The summed E-state index contributed by atoms with van der Waals surface area (Å²) in [5.41, 5.74) is 2.16. The van der Waals surface area contributed by atoms with Gasteiger partial charge < -0.3 is 19.5 Å². The minimum atomic E-state index is -0.635. The molecule has 0 aliphatic rings. The van der Waals surface area contributed by atoms with E-state index in [9.17, 15) is 9.59 Å². The van der Waals surface area contributed by atoms with Crippen LogP contribution in [0.4, 0.5) is 5.69 Å². The number of benzene rings is 2. The molecule has 1 amide bonds. The summed E-state index contributed by atoms with van der Waals surface area (Å²) < 4.78 is 16.2. The lowest BCUT2D eigenvalue weighted by Crippen LogP contribution is -2.20. The molecule has 0 aliphatic carbocycles. The minimum Gasteiger partial charge on any atom is -0.490 e. The van der Waals surface area contributed by atoms with Crippen LogP contribution in [0, 0.1) is 11.3 Å². The van der Waals surface area contributed by atoms with Crippen molar-refractivity contribution in [3.63, 3.8) is 0 Å². The monoisotopic (exact) mass is 422 g/mol. The first-order valence-corrected chi connectivity index (χ1v) is 10.1. The molecule has 31 heavy (non-hydrogen) atoms. The zero-order chi connectivity index (χ0) is 22.5. The minimum absolute atomic E-state index is 0.304. The molecule has 0 unspecified atom stereocenters. The maximum Gasteiger partial charge on any atom is 0.331 e. The third kappa shape index (κ3) is 8.23. The molecule has 0 bridgehead atoms. The zero-order valence-corrected chi connectivity index (χ0v) is 17.7. The Labute approximate surface area is 182 Å². The summed E-state index contributed by atoms with van der Waals surface area (Å²) in [4.78, 5) is 23.9. The van der Waals surface area contributed by atoms with Gasteiger partial charge in [0.15, 0.2) is 18.1 Å². The van der Waals surface area contributed by atoms with E-state index >= 15 is 0 Å². The molecule has 0 radical (unpaired) electrons. The van der Waals surface area contributed by atoms with Gasteiger partial charge in [-0.15, -0.1) is 0 Å². The first-order chi connectivity index (χ1) is 15.0. The van der Waals surface area contributed by atoms with Crippen molar-refractivity contribution in [1.29, 1.82) is 5.26 Å². The molecule has 0 atom stereocenters. The number of nitrogens with zero attached hydrogens (tertiary/aromatic N) is 1. The van der Waals surface area contributed by atoms with E-state index in [2.05, 4.69) is 11.4 Å². The Hall–Kier alpha value is -3.79. The van der Waals surface area contributed by atoms with Crippen LogP contribution in [0.15, 0.2) is 48.5 Å². The molecule has 7 heteroatoms. The lowest BCUT2D eigenvalue weighted by molar-refractivity contribution is -0.142. The largest absolute Gasteiger partial charge is 0.490 e. The van der Waals surface area contributed by atoms with Crippen LogP contribution in [0.3, 0.4) is 0 Å². The first-order valence-electron chi connectivity index (χ1n) is 10.1. The normalized spacial score (nSPS) is 10.4. The number of esters is 1. The molecule has 2 aromatic rings. The van der Waals surface area contributed by atoms with Crippen molar-refractivity contribution in [3.8, 4) is 17.6 Å². The molecule has 0 saturated heterocycles. The van der Waals surface area contributed by atoms with Crippen molar-refractivity contribution in [3.05, 3.63) is 59.7 Å². The second-order valence-corrected chi connectivity index (χ2v) is 6.51. The van der Waals surface area contributed by atoms with E-state index < -0.39 is 18.5 Å². The van der Waals surface area contributed by atoms with Gasteiger partial charge in [-0.05, 0) is 54.8 Å². The maximum absolute atomic E-state index is 11.9. The number of carbonyl (C=O) groups excluding carboxylic acids is 2. The third-order valence-corrected chi connectivity index (χ3v) is 4.01. The molecular formula is C24H26N2O5. The van der Waals surface area contributed by atoms with Crippen LogP contribution >= 0.6 is 0 Å². The Morgan fingerprint density at radius 2 is 1.84 bits per heavy atom. The molecule has 2 aromatic carbocycles. The van der Waals surface area contributed by atoms with Gasteiger partial charge in [-0.25, -0.2) is 4.79 Å². The van der Waals surface area contributed by atoms with Crippen LogP contribution in [0.5, 0.6) is 11.5 Å². The SMILES string of the molecule is CCCOc1ccc(/C=C/C(=O)OCC(=O)Nc2ccc(CC#N)cc2)cc1OCC. The summed E-state index contributed by atoms with van der Waals surface area (Å²) in [5, 5.41) is 11.3. The topological polar surface area (TPSA) is 97.6 Å². The van der Waals surface area contributed by atoms with Gasteiger partial charge in [0.25, 0.3) is 5.91 Å². The number of nitrogens with one attached hydrogen (secondary N) is 1. The Morgan fingerprint density at radius 3 is 2.52 bits per heavy atom. The summed E-state index contributed by atoms with van der Waals surface area (Å²) in [6, 6.07) is 14.3. The fourth-order valence-corrected chi connectivity index (χ4v) is 2.57. The third-order valence-electron chi connectivity index (χ3n) is 4.01. The van der Waals surface area contributed by atoms with Crippen molar-refractivity contribution in [2.45, 2.75) is 26.7 Å². The number of hydrogen-bond acceptors (Lipinski definition) is 6. The number of hydrogen-bond donors (Lipinski definition) is 1. The Balaban J connectivity index is 1.86. The molecule has 0 aliphatic heterocycles. The molecule has 0 heterocycles. The fourth-order valence-electron chi connectivity index (χ4n) is 2.57. The van der Waals surface area contributed by atoms with Gasteiger partial charge in [0.05, 0.1) is 25.7 Å². The summed E-state index contributed by atoms with van der Waals surface area (Å²) in [6.07, 6.45) is 4.03. The van der Waals surface area contributed by atoms with Gasteiger partial charge in [0.2, 0.25) is 0 Å². The van der Waals surface area contributed by atoms with Gasteiger partial charge >= 0.3 is 5.97 Å².